The van der Waals surface area contributed by atoms with E-state index >= 15 is 0 Å². The van der Waals surface area contributed by atoms with Gasteiger partial charge in [0.15, 0.2) is 0 Å². The molecule has 3 aromatic carbocycles. The van der Waals surface area contributed by atoms with Crippen LogP contribution < -0.4 is 4.72 Å². The van der Waals surface area contributed by atoms with Gasteiger partial charge in [-0.25, -0.2) is 9.07 Å². The third-order valence-electron chi connectivity index (χ3n) is 8.47. The van der Waals surface area contributed by atoms with Gasteiger partial charge in [0, 0.05) is 36.3 Å². The molecule has 1 aromatic heterocycles. The van der Waals surface area contributed by atoms with Crippen molar-refractivity contribution in [3.8, 4) is 5.69 Å². The van der Waals surface area contributed by atoms with E-state index < -0.39 is 0 Å². The standard InChI is InChI=1S/C34H39FN4S/c1-25-9-13-31(14-10-25)39-23-28(21-36-39)22-38-18-17-29-20-32(15-12-30(29)24-38)40-37-34-16-11-27(19-33(34)35)8-4-7-26-5-2-3-6-26/h9-16,19-21,23,26,37H,2-8,17-18,22,24H2,1H3. The Kier molecular flexibility index (Phi) is 8.54. The molecule has 40 heavy (non-hydrogen) atoms. The van der Waals surface area contributed by atoms with Crippen LogP contribution >= 0.6 is 11.9 Å². The first kappa shape index (κ1) is 27.1. The molecule has 1 saturated carbocycles. The molecule has 4 aromatic rings. The van der Waals surface area contributed by atoms with Crippen LogP contribution in [0.4, 0.5) is 10.1 Å². The topological polar surface area (TPSA) is 33.1 Å². The van der Waals surface area contributed by atoms with E-state index in [1.54, 1.807) is 6.07 Å². The van der Waals surface area contributed by atoms with Gasteiger partial charge < -0.3 is 4.72 Å². The van der Waals surface area contributed by atoms with Crippen LogP contribution in [0.1, 0.15) is 66.3 Å². The van der Waals surface area contributed by atoms with E-state index in [0.717, 1.165) is 61.0 Å². The number of nitrogens with zero attached hydrogens (tertiary/aromatic N) is 3. The van der Waals surface area contributed by atoms with E-state index in [1.807, 2.05) is 16.9 Å². The zero-order valence-electron chi connectivity index (χ0n) is 23.4. The fourth-order valence-corrected chi connectivity index (χ4v) is 6.86. The predicted octanol–water partition coefficient (Wildman–Crippen LogP) is 8.51. The molecule has 0 radical (unpaired) electrons. The lowest BCUT2D eigenvalue weighted by Gasteiger charge is -2.28. The zero-order chi connectivity index (χ0) is 27.3. The summed E-state index contributed by atoms with van der Waals surface area (Å²) in [5, 5.41) is 4.58. The van der Waals surface area contributed by atoms with E-state index in [-0.39, 0.29) is 5.82 Å². The average Bonchev–Trinajstić information content (AvgIpc) is 3.66. The number of aryl methyl sites for hydroxylation is 2. The van der Waals surface area contributed by atoms with Gasteiger partial charge in [0.2, 0.25) is 0 Å². The summed E-state index contributed by atoms with van der Waals surface area (Å²) >= 11 is 1.49. The molecule has 1 aliphatic carbocycles. The van der Waals surface area contributed by atoms with Crippen LogP contribution in [-0.4, -0.2) is 21.2 Å². The van der Waals surface area contributed by atoms with Crippen LogP contribution in [0.25, 0.3) is 5.69 Å². The molecule has 1 fully saturated rings. The van der Waals surface area contributed by atoms with E-state index in [9.17, 15) is 4.39 Å². The second-order valence-corrected chi connectivity index (χ2v) is 12.5. The number of aromatic nitrogens is 2. The van der Waals surface area contributed by atoms with Gasteiger partial charge in [-0.2, -0.15) is 5.10 Å². The molecule has 0 atom stereocenters. The molecule has 4 nitrogen and oxygen atoms in total. The molecule has 0 unspecified atom stereocenters. The number of hydrogen-bond acceptors (Lipinski definition) is 4. The van der Waals surface area contributed by atoms with Crippen molar-refractivity contribution in [3.63, 3.8) is 0 Å². The molecule has 208 valence electrons. The SMILES string of the molecule is Cc1ccc(-n2cc(CN3CCc4cc(SNc5ccc(CCCC6CCCC6)cc5F)ccc4C3)cn2)cc1. The largest absolute Gasteiger partial charge is 0.323 e. The Morgan fingerprint density at radius 3 is 2.65 bits per heavy atom. The van der Waals surface area contributed by atoms with Gasteiger partial charge in [0.05, 0.1) is 17.6 Å². The Morgan fingerprint density at radius 2 is 1.82 bits per heavy atom. The lowest BCUT2D eigenvalue weighted by Crippen LogP contribution is -2.29. The van der Waals surface area contributed by atoms with Crippen molar-refractivity contribution in [2.75, 3.05) is 11.3 Å². The summed E-state index contributed by atoms with van der Waals surface area (Å²) in [4.78, 5) is 3.60. The van der Waals surface area contributed by atoms with Gasteiger partial charge in [0.25, 0.3) is 0 Å². The monoisotopic (exact) mass is 554 g/mol. The number of hydrogen-bond donors (Lipinski definition) is 1. The molecule has 0 spiro atoms. The Balaban J connectivity index is 0.997. The van der Waals surface area contributed by atoms with E-state index in [4.69, 9.17) is 0 Å². The van der Waals surface area contributed by atoms with Crippen LogP contribution in [-0.2, 0) is 25.9 Å². The smallest absolute Gasteiger partial charge is 0.147 e. The van der Waals surface area contributed by atoms with Crippen LogP contribution in [0.2, 0.25) is 0 Å². The lowest BCUT2D eigenvalue weighted by atomic mass is 9.98. The molecule has 1 aliphatic heterocycles. The second-order valence-electron chi connectivity index (χ2n) is 11.6. The minimum atomic E-state index is -0.162. The summed E-state index contributed by atoms with van der Waals surface area (Å²) in [6.45, 7) is 4.93. The molecular formula is C34H39FN4S. The molecular weight excluding hydrogens is 515 g/mol. The highest BCUT2D eigenvalue weighted by Crippen LogP contribution is 2.31. The number of rotatable bonds is 10. The molecule has 2 aliphatic rings. The summed E-state index contributed by atoms with van der Waals surface area (Å²) in [6.07, 6.45) is 14.1. The van der Waals surface area contributed by atoms with Crippen molar-refractivity contribution in [1.29, 1.82) is 0 Å². The predicted molar refractivity (Wildman–Crippen MR) is 163 cm³/mol. The number of benzene rings is 3. The van der Waals surface area contributed by atoms with Crippen LogP contribution in [0.5, 0.6) is 0 Å². The highest BCUT2D eigenvalue weighted by molar-refractivity contribution is 8.00. The van der Waals surface area contributed by atoms with E-state index in [0.29, 0.717) is 5.69 Å². The summed E-state index contributed by atoms with van der Waals surface area (Å²) in [5.74, 6) is 0.738. The first-order valence-corrected chi connectivity index (χ1v) is 15.6. The Morgan fingerprint density at radius 1 is 0.975 bits per heavy atom. The lowest BCUT2D eigenvalue weighted by molar-refractivity contribution is 0.245. The van der Waals surface area contributed by atoms with Crippen molar-refractivity contribution in [1.82, 2.24) is 14.7 Å². The van der Waals surface area contributed by atoms with Crippen molar-refractivity contribution in [2.24, 2.45) is 5.92 Å². The van der Waals surface area contributed by atoms with Gasteiger partial charge in [-0.15, -0.1) is 0 Å². The van der Waals surface area contributed by atoms with Gasteiger partial charge >= 0.3 is 0 Å². The maximum absolute atomic E-state index is 14.8. The van der Waals surface area contributed by atoms with Gasteiger partial charge in [0.1, 0.15) is 5.82 Å². The summed E-state index contributed by atoms with van der Waals surface area (Å²) < 4.78 is 20.0. The molecule has 2 heterocycles. The molecule has 0 saturated heterocycles. The fraction of sp³-hybridized carbons (Fsp3) is 0.382. The van der Waals surface area contributed by atoms with Gasteiger partial charge in [-0.3, -0.25) is 4.90 Å². The van der Waals surface area contributed by atoms with Gasteiger partial charge in [-0.05, 0) is 97.1 Å². The third-order valence-corrected chi connectivity index (χ3v) is 9.29. The zero-order valence-corrected chi connectivity index (χ0v) is 24.2. The van der Waals surface area contributed by atoms with Crippen LogP contribution in [0, 0.1) is 18.7 Å². The molecule has 0 amide bonds. The summed E-state index contributed by atoms with van der Waals surface area (Å²) in [7, 11) is 0. The van der Waals surface area contributed by atoms with Crippen molar-refractivity contribution in [2.45, 2.75) is 76.3 Å². The Labute approximate surface area is 242 Å². The fourth-order valence-electron chi connectivity index (χ4n) is 6.13. The minimum absolute atomic E-state index is 0.162. The average molecular weight is 555 g/mol. The minimum Gasteiger partial charge on any atom is -0.323 e. The van der Waals surface area contributed by atoms with Crippen LogP contribution in [0.15, 0.2) is 78.0 Å². The van der Waals surface area contributed by atoms with E-state index in [1.165, 1.54) is 66.3 Å². The second kappa shape index (κ2) is 12.6. The molecule has 6 rings (SSSR count). The van der Waals surface area contributed by atoms with Gasteiger partial charge in [-0.1, -0.05) is 61.9 Å². The number of nitrogens with one attached hydrogen (secondary N) is 1. The van der Waals surface area contributed by atoms with Crippen LogP contribution in [0.3, 0.4) is 0 Å². The highest BCUT2D eigenvalue weighted by atomic mass is 32.2. The highest BCUT2D eigenvalue weighted by Gasteiger charge is 2.18. The number of fused-ring (bicyclic) bond motifs is 1. The van der Waals surface area contributed by atoms with E-state index in [2.05, 4.69) is 76.4 Å². The first-order valence-electron chi connectivity index (χ1n) is 14.7. The molecule has 6 heteroatoms. The Hall–Kier alpha value is -3.09. The maximum Gasteiger partial charge on any atom is 0.147 e. The van der Waals surface area contributed by atoms with Crippen molar-refractivity contribution < 1.29 is 4.39 Å². The molecule has 0 bridgehead atoms. The summed E-state index contributed by atoms with van der Waals surface area (Å²) in [5.41, 5.74) is 7.98. The number of halogens is 1. The number of anilines is 1. The first-order chi connectivity index (χ1) is 19.6. The maximum atomic E-state index is 14.8. The third kappa shape index (κ3) is 6.79. The molecule has 1 N–H and O–H groups in total. The van der Waals surface area contributed by atoms with Crippen molar-refractivity contribution >= 4 is 17.6 Å². The quantitative estimate of drug-likeness (QED) is 0.199. The normalized spacial score (nSPS) is 15.8. The Bertz CT molecular complexity index is 1420. The van der Waals surface area contributed by atoms with Crippen molar-refractivity contribution in [3.05, 3.63) is 107 Å². The summed E-state index contributed by atoms with van der Waals surface area (Å²) in [6, 6.07) is 20.8.